The summed E-state index contributed by atoms with van der Waals surface area (Å²) < 4.78 is 0. The zero-order chi connectivity index (χ0) is 16.1. The van der Waals surface area contributed by atoms with Crippen molar-refractivity contribution in [1.29, 1.82) is 0 Å². The van der Waals surface area contributed by atoms with Gasteiger partial charge in [0.2, 0.25) is 0 Å². The molecule has 2 fully saturated rings. The number of rotatable bonds is 4. The van der Waals surface area contributed by atoms with Crippen LogP contribution in [0.15, 0.2) is 0 Å². The molecule has 2 rings (SSSR count). The van der Waals surface area contributed by atoms with E-state index in [0.717, 1.165) is 22.2 Å². The van der Waals surface area contributed by atoms with E-state index in [9.17, 15) is 0 Å². The molecule has 2 aliphatic carbocycles. The first-order valence-corrected chi connectivity index (χ1v) is 19.7. The first-order valence-electron chi connectivity index (χ1n) is 9.42. The molecule has 0 N–H and O–H groups in total. The Kier molecular flexibility index (Phi) is 5.09. The predicted octanol–water partition coefficient (Wildman–Crippen LogP) is 7.22. The van der Waals surface area contributed by atoms with Crippen molar-refractivity contribution < 1.29 is 0 Å². The maximum Gasteiger partial charge on any atom is 0.0535 e. The first-order chi connectivity index (χ1) is 9.42. The molecule has 0 aliphatic heterocycles. The van der Waals surface area contributed by atoms with Crippen molar-refractivity contribution in [2.75, 3.05) is 0 Å². The molecule has 0 amide bonds. The Morgan fingerprint density at radius 3 is 1.00 bits per heavy atom. The molecule has 0 saturated heterocycles. The van der Waals surface area contributed by atoms with E-state index in [2.05, 4.69) is 52.4 Å². The van der Waals surface area contributed by atoms with Crippen LogP contribution in [-0.2, 0) is 0 Å². The molecule has 3 heteroatoms. The van der Waals surface area contributed by atoms with Crippen LogP contribution in [-0.4, -0.2) is 24.2 Å². The second kappa shape index (κ2) is 5.94. The molecule has 0 radical (unpaired) electrons. The van der Waals surface area contributed by atoms with Crippen LogP contribution < -0.4 is 0 Å². The second-order valence-electron chi connectivity index (χ2n) is 11.0. The molecule has 0 aromatic rings. The first kappa shape index (κ1) is 18.0. The van der Waals surface area contributed by atoms with Gasteiger partial charge in [0.05, 0.1) is 8.07 Å². The second-order valence-corrected chi connectivity index (χ2v) is 27.3. The highest BCUT2D eigenvalue weighted by molar-refractivity contribution is 6.82. The Balaban J connectivity index is 2.00. The summed E-state index contributed by atoms with van der Waals surface area (Å²) in [7, 11) is -2.83. The molecular formula is C18H40Si3. The van der Waals surface area contributed by atoms with Crippen molar-refractivity contribution in [2.24, 2.45) is 0 Å². The smallest absolute Gasteiger partial charge is 0.0535 e. The third kappa shape index (κ3) is 3.95. The average molecular weight is 341 g/mol. The lowest BCUT2D eigenvalue weighted by atomic mass is 10.3. The lowest BCUT2D eigenvalue weighted by molar-refractivity contribution is 0.747. The molecule has 0 heterocycles. The lowest BCUT2D eigenvalue weighted by Gasteiger charge is -2.37. The van der Waals surface area contributed by atoms with Gasteiger partial charge in [-0.15, -0.1) is 0 Å². The fourth-order valence-corrected chi connectivity index (χ4v) is 14.0. The molecule has 0 spiro atoms. The van der Waals surface area contributed by atoms with Gasteiger partial charge in [-0.2, -0.15) is 0 Å². The highest BCUT2D eigenvalue weighted by Crippen LogP contribution is 2.57. The normalized spacial score (nSPS) is 35.4. The molecule has 4 atom stereocenters. The largest absolute Gasteiger partial charge is 0.0693 e. The topological polar surface area (TPSA) is 0 Å². The zero-order valence-corrected chi connectivity index (χ0v) is 19.1. The molecule has 4 unspecified atom stereocenters. The average Bonchev–Trinajstić information content (AvgIpc) is 2.97. The molecule has 2 saturated carbocycles. The van der Waals surface area contributed by atoms with Crippen LogP contribution in [0.1, 0.15) is 38.5 Å². The standard InChI is InChI=1S/C18H40Si3/c1-19(2,3)15-9-11-17(13-15)21(7,8)18-12-10-16(14-18)20(4,5)6/h15-18H,9-14H2,1-8H3. The van der Waals surface area contributed by atoms with Crippen LogP contribution in [0, 0.1) is 0 Å². The van der Waals surface area contributed by atoms with E-state index in [1.54, 1.807) is 38.5 Å². The van der Waals surface area contributed by atoms with Crippen LogP contribution in [0.3, 0.4) is 0 Å². The van der Waals surface area contributed by atoms with E-state index < -0.39 is 24.2 Å². The zero-order valence-electron chi connectivity index (χ0n) is 16.1. The molecular weight excluding hydrogens is 300 g/mol. The maximum absolute atomic E-state index is 2.77. The van der Waals surface area contributed by atoms with Crippen molar-refractivity contribution in [1.82, 2.24) is 0 Å². The fourth-order valence-electron chi connectivity index (χ4n) is 5.22. The molecule has 2 aliphatic rings. The van der Waals surface area contributed by atoms with Gasteiger partial charge in [0.25, 0.3) is 0 Å². The Bertz CT molecular complexity index is 328. The van der Waals surface area contributed by atoms with Crippen LogP contribution in [0.25, 0.3) is 0 Å². The third-order valence-electron chi connectivity index (χ3n) is 7.42. The third-order valence-corrected chi connectivity index (χ3v) is 18.6. The van der Waals surface area contributed by atoms with Crippen molar-refractivity contribution in [2.45, 2.75) is 113 Å². The summed E-state index contributed by atoms with van der Waals surface area (Å²) in [5, 5.41) is 0. The van der Waals surface area contributed by atoms with Gasteiger partial charge in [0, 0.05) is 16.1 Å². The van der Waals surface area contributed by atoms with Gasteiger partial charge in [0.15, 0.2) is 0 Å². The van der Waals surface area contributed by atoms with Crippen molar-refractivity contribution >= 4 is 24.2 Å². The van der Waals surface area contributed by atoms with Crippen LogP contribution in [0.2, 0.25) is 74.5 Å². The van der Waals surface area contributed by atoms with Gasteiger partial charge < -0.3 is 0 Å². The minimum absolute atomic E-state index is 0.899. The van der Waals surface area contributed by atoms with Crippen LogP contribution in [0.4, 0.5) is 0 Å². The quantitative estimate of drug-likeness (QED) is 0.474. The summed E-state index contributed by atoms with van der Waals surface area (Å²) in [5.74, 6) is 0. The summed E-state index contributed by atoms with van der Waals surface area (Å²) in [6, 6.07) is 0. The summed E-state index contributed by atoms with van der Waals surface area (Å²) >= 11 is 0. The van der Waals surface area contributed by atoms with Crippen molar-refractivity contribution in [3.05, 3.63) is 0 Å². The Labute approximate surface area is 137 Å². The van der Waals surface area contributed by atoms with Gasteiger partial charge in [-0.05, 0) is 22.2 Å². The van der Waals surface area contributed by atoms with Crippen LogP contribution >= 0.6 is 0 Å². The number of hydrogen-bond acceptors (Lipinski definition) is 0. The molecule has 0 nitrogen and oxygen atoms in total. The van der Waals surface area contributed by atoms with Crippen molar-refractivity contribution in [3.63, 3.8) is 0 Å². The maximum atomic E-state index is 2.77. The SMILES string of the molecule is C[Si](C)(C)C1CCC([Si](C)(C)C2CCC([Si](C)(C)C)C2)C1. The van der Waals surface area contributed by atoms with Gasteiger partial charge in [-0.3, -0.25) is 0 Å². The molecule has 0 aromatic heterocycles. The lowest BCUT2D eigenvalue weighted by Crippen LogP contribution is -2.37. The molecule has 0 bridgehead atoms. The van der Waals surface area contributed by atoms with Crippen LogP contribution in [0.5, 0.6) is 0 Å². The van der Waals surface area contributed by atoms with Gasteiger partial charge in [0.1, 0.15) is 0 Å². The van der Waals surface area contributed by atoms with Gasteiger partial charge in [-0.1, -0.05) is 90.9 Å². The minimum Gasteiger partial charge on any atom is -0.0693 e. The fraction of sp³-hybridized carbons (Fsp3) is 1.00. The highest BCUT2D eigenvalue weighted by Gasteiger charge is 2.48. The Morgan fingerprint density at radius 1 is 0.476 bits per heavy atom. The van der Waals surface area contributed by atoms with Gasteiger partial charge in [-0.25, -0.2) is 0 Å². The van der Waals surface area contributed by atoms with E-state index in [1.165, 1.54) is 0 Å². The summed E-state index contributed by atoms with van der Waals surface area (Å²) in [6.45, 7) is 21.1. The molecule has 124 valence electrons. The van der Waals surface area contributed by atoms with E-state index in [1.807, 2.05) is 0 Å². The van der Waals surface area contributed by atoms with E-state index in [-0.39, 0.29) is 0 Å². The summed E-state index contributed by atoms with van der Waals surface area (Å²) in [5.41, 5.74) is 4.56. The van der Waals surface area contributed by atoms with E-state index in [0.29, 0.717) is 0 Å². The molecule has 21 heavy (non-hydrogen) atoms. The molecule has 0 aromatic carbocycles. The monoisotopic (exact) mass is 340 g/mol. The Morgan fingerprint density at radius 2 is 0.762 bits per heavy atom. The van der Waals surface area contributed by atoms with E-state index >= 15 is 0 Å². The number of hydrogen-bond donors (Lipinski definition) is 0. The minimum atomic E-state index is -1.03. The predicted molar refractivity (Wildman–Crippen MR) is 107 cm³/mol. The van der Waals surface area contributed by atoms with Crippen molar-refractivity contribution in [3.8, 4) is 0 Å². The Hall–Kier alpha value is 0.651. The van der Waals surface area contributed by atoms with Gasteiger partial charge >= 0.3 is 0 Å². The van der Waals surface area contributed by atoms with E-state index in [4.69, 9.17) is 0 Å². The highest BCUT2D eigenvalue weighted by atomic mass is 28.3. The summed E-state index contributed by atoms with van der Waals surface area (Å²) in [4.78, 5) is 0. The summed E-state index contributed by atoms with van der Waals surface area (Å²) in [6.07, 6.45) is 9.54.